The van der Waals surface area contributed by atoms with Crippen LogP contribution >= 0.6 is 11.8 Å². The zero-order valence-electron chi connectivity index (χ0n) is 23.1. The van der Waals surface area contributed by atoms with Gasteiger partial charge in [0.05, 0.1) is 0 Å². The standard InChI is InChI=1S/C23H30F6O6S3.C2H6/c1-14-6-7-19-20(2,3)8-5-9-21(19,4)18(14)13-36-17-11-15(34-37(30,31)22(24,25)26)10-16(12-17)35-38(32,33)23(27,28)29;1-2/h10-12,14,18-19H,5-9,13H2,1-4H3;1-2H3. The number of fused-ring (bicyclic) bond motifs is 1. The number of thioether (sulfide) groups is 1. The lowest BCUT2D eigenvalue weighted by atomic mass is 9.47. The number of benzene rings is 1. The van der Waals surface area contributed by atoms with Gasteiger partial charge in [0, 0.05) is 16.7 Å². The Hall–Kier alpha value is -1.35. The monoisotopic (exact) mass is 642 g/mol. The molecule has 2 saturated carbocycles. The van der Waals surface area contributed by atoms with Crippen LogP contribution in [-0.4, -0.2) is 33.6 Å². The van der Waals surface area contributed by atoms with E-state index in [1.807, 2.05) is 13.8 Å². The predicted molar refractivity (Wildman–Crippen MR) is 141 cm³/mol. The van der Waals surface area contributed by atoms with Crippen LogP contribution in [-0.2, 0) is 20.2 Å². The van der Waals surface area contributed by atoms with Crippen LogP contribution in [0, 0.1) is 28.6 Å². The van der Waals surface area contributed by atoms with Crippen molar-refractivity contribution in [3.8, 4) is 11.5 Å². The summed E-state index contributed by atoms with van der Waals surface area (Å²) < 4.78 is 131. The molecule has 0 N–H and O–H groups in total. The topological polar surface area (TPSA) is 86.7 Å². The van der Waals surface area contributed by atoms with E-state index in [1.54, 1.807) is 0 Å². The van der Waals surface area contributed by atoms with Gasteiger partial charge < -0.3 is 8.37 Å². The van der Waals surface area contributed by atoms with Crippen LogP contribution in [0.15, 0.2) is 23.1 Å². The molecule has 4 atom stereocenters. The van der Waals surface area contributed by atoms with E-state index in [2.05, 4.69) is 36.1 Å². The number of rotatable bonds is 7. The lowest BCUT2D eigenvalue weighted by Crippen LogP contribution is -2.51. The Kier molecular flexibility index (Phi) is 10.5. The van der Waals surface area contributed by atoms with Gasteiger partial charge in [0.25, 0.3) is 0 Å². The molecule has 1 aromatic carbocycles. The van der Waals surface area contributed by atoms with Crippen LogP contribution in [0.1, 0.15) is 73.6 Å². The zero-order valence-corrected chi connectivity index (χ0v) is 25.6. The Bertz CT molecular complexity index is 1180. The van der Waals surface area contributed by atoms with Crippen molar-refractivity contribution < 1.29 is 51.5 Å². The van der Waals surface area contributed by atoms with E-state index in [-0.39, 0.29) is 27.6 Å². The van der Waals surface area contributed by atoms with Crippen molar-refractivity contribution in [1.29, 1.82) is 0 Å². The maximum Gasteiger partial charge on any atom is 0.534 e. The molecule has 2 aliphatic rings. The number of hydrogen-bond acceptors (Lipinski definition) is 7. The summed E-state index contributed by atoms with van der Waals surface area (Å²) in [5.74, 6) is -0.793. The molecule has 2 fully saturated rings. The molecule has 0 heterocycles. The zero-order chi connectivity index (χ0) is 30.9. The Morgan fingerprint density at radius 2 is 1.32 bits per heavy atom. The first-order valence-electron chi connectivity index (χ1n) is 12.9. The number of alkyl halides is 6. The summed E-state index contributed by atoms with van der Waals surface area (Å²) in [4.78, 5) is 0.000224. The summed E-state index contributed by atoms with van der Waals surface area (Å²) >= 11 is 1.07. The lowest BCUT2D eigenvalue weighted by molar-refractivity contribution is -0.0850. The molecular weight excluding hydrogens is 606 g/mol. The van der Waals surface area contributed by atoms with Crippen molar-refractivity contribution >= 4 is 32.0 Å². The van der Waals surface area contributed by atoms with E-state index in [1.165, 1.54) is 0 Å². The van der Waals surface area contributed by atoms with Crippen LogP contribution in [0.5, 0.6) is 11.5 Å². The second-order valence-corrected chi connectivity index (χ2v) is 15.1. The van der Waals surface area contributed by atoms with Gasteiger partial charge in [0.15, 0.2) is 0 Å². The average molecular weight is 643 g/mol. The first-order chi connectivity index (χ1) is 18.1. The van der Waals surface area contributed by atoms with Crippen molar-refractivity contribution in [2.75, 3.05) is 5.75 Å². The van der Waals surface area contributed by atoms with Crippen molar-refractivity contribution in [3.63, 3.8) is 0 Å². The molecule has 40 heavy (non-hydrogen) atoms. The van der Waals surface area contributed by atoms with Gasteiger partial charge in [0.1, 0.15) is 11.5 Å². The van der Waals surface area contributed by atoms with E-state index < -0.39 is 42.8 Å². The summed E-state index contributed by atoms with van der Waals surface area (Å²) in [6.07, 6.45) is 5.10. The second kappa shape index (κ2) is 12.1. The van der Waals surface area contributed by atoms with Crippen LogP contribution in [0.4, 0.5) is 26.3 Å². The molecule has 6 nitrogen and oxygen atoms in total. The average Bonchev–Trinajstić information content (AvgIpc) is 2.77. The summed E-state index contributed by atoms with van der Waals surface area (Å²) in [7, 11) is -12.4. The first-order valence-corrected chi connectivity index (χ1v) is 16.7. The third kappa shape index (κ3) is 7.53. The number of halogens is 6. The molecule has 0 aromatic heterocycles. The van der Waals surface area contributed by atoms with Gasteiger partial charge >= 0.3 is 31.3 Å². The Balaban J connectivity index is 0.00000274. The third-order valence-corrected chi connectivity index (χ3v) is 11.0. The summed E-state index contributed by atoms with van der Waals surface area (Å²) in [6.45, 7) is 12.8. The summed E-state index contributed by atoms with van der Waals surface area (Å²) in [5.41, 5.74) is -11.6. The van der Waals surface area contributed by atoms with Crippen molar-refractivity contribution in [2.24, 2.45) is 28.6 Å². The van der Waals surface area contributed by atoms with Crippen molar-refractivity contribution in [1.82, 2.24) is 0 Å². The van der Waals surface area contributed by atoms with E-state index >= 15 is 0 Å². The minimum absolute atomic E-state index is 0.000224. The van der Waals surface area contributed by atoms with Gasteiger partial charge in [-0.3, -0.25) is 0 Å². The van der Waals surface area contributed by atoms with Crippen LogP contribution in [0.25, 0.3) is 0 Å². The molecule has 0 spiro atoms. The normalized spacial score (nSPS) is 27.1. The molecule has 0 aliphatic heterocycles. The molecule has 3 rings (SSSR count). The Labute approximate surface area is 236 Å². The van der Waals surface area contributed by atoms with E-state index in [9.17, 15) is 43.2 Å². The predicted octanol–water partition coefficient (Wildman–Crippen LogP) is 8.14. The van der Waals surface area contributed by atoms with Gasteiger partial charge in [0.2, 0.25) is 0 Å². The smallest absolute Gasteiger partial charge is 0.376 e. The van der Waals surface area contributed by atoms with Crippen molar-refractivity contribution in [3.05, 3.63) is 18.2 Å². The van der Waals surface area contributed by atoms with Gasteiger partial charge in [-0.25, -0.2) is 0 Å². The van der Waals surface area contributed by atoms with Crippen LogP contribution < -0.4 is 8.37 Å². The molecular formula is C25H36F6O6S3. The largest absolute Gasteiger partial charge is 0.534 e. The van der Waals surface area contributed by atoms with E-state index in [0.717, 1.165) is 56.0 Å². The molecule has 1 aromatic rings. The molecule has 2 aliphatic carbocycles. The molecule has 15 heteroatoms. The summed E-state index contributed by atoms with van der Waals surface area (Å²) in [5, 5.41) is 0. The van der Waals surface area contributed by atoms with Crippen LogP contribution in [0.2, 0.25) is 0 Å². The Morgan fingerprint density at radius 3 is 1.77 bits per heavy atom. The third-order valence-electron chi connectivity index (χ3n) is 7.98. The maximum atomic E-state index is 12.9. The molecule has 0 bridgehead atoms. The summed E-state index contributed by atoms with van der Waals surface area (Å²) in [6, 6.07) is 2.15. The highest BCUT2D eigenvalue weighted by molar-refractivity contribution is 7.99. The van der Waals surface area contributed by atoms with Gasteiger partial charge in [-0.2, -0.15) is 43.2 Å². The quantitative estimate of drug-likeness (QED) is 0.128. The van der Waals surface area contributed by atoms with Crippen molar-refractivity contribution in [2.45, 2.75) is 89.6 Å². The highest BCUT2D eigenvalue weighted by Gasteiger charge is 2.54. The molecule has 4 unspecified atom stereocenters. The van der Waals surface area contributed by atoms with E-state index in [0.29, 0.717) is 17.7 Å². The highest BCUT2D eigenvalue weighted by Crippen LogP contribution is 2.61. The fraction of sp³-hybridized carbons (Fsp3) is 0.760. The highest BCUT2D eigenvalue weighted by atomic mass is 32.2. The SMILES string of the molecule is CC.CC1CCC2C(C)(C)CCCC2(C)C1CSc1cc(OS(=O)(=O)C(F)(F)F)cc(OS(=O)(=O)C(F)(F)F)c1. The molecule has 0 saturated heterocycles. The molecule has 232 valence electrons. The number of hydrogen-bond donors (Lipinski definition) is 0. The van der Waals surface area contributed by atoms with E-state index in [4.69, 9.17) is 0 Å². The minimum Gasteiger partial charge on any atom is -0.376 e. The van der Waals surface area contributed by atoms with Gasteiger partial charge in [-0.1, -0.05) is 54.4 Å². The fourth-order valence-electron chi connectivity index (χ4n) is 6.22. The van der Waals surface area contributed by atoms with Gasteiger partial charge in [-0.05, 0) is 60.0 Å². The molecule has 0 radical (unpaired) electrons. The minimum atomic E-state index is -6.18. The van der Waals surface area contributed by atoms with Crippen LogP contribution in [0.3, 0.4) is 0 Å². The fourth-order valence-corrected chi connectivity index (χ4v) is 8.59. The van der Waals surface area contributed by atoms with Gasteiger partial charge in [-0.15, -0.1) is 11.8 Å². The first kappa shape index (κ1) is 34.8. The maximum absolute atomic E-state index is 12.9. The Morgan fingerprint density at radius 1 is 0.850 bits per heavy atom. The molecule has 0 amide bonds. The lowest BCUT2D eigenvalue weighted by Gasteiger charge is -2.59. The second-order valence-electron chi connectivity index (χ2n) is 11.0.